The lowest BCUT2D eigenvalue weighted by Gasteiger charge is -2.03. The van der Waals surface area contributed by atoms with E-state index >= 15 is 0 Å². The monoisotopic (exact) mass is 278 g/mol. The fraction of sp³-hybridized carbons (Fsp3) is 0.0833. The second-order valence-corrected chi connectivity index (χ2v) is 4.98. The summed E-state index contributed by atoms with van der Waals surface area (Å²) < 4.78 is 0. The standard InChI is InChI=1S/C12H10N2O4S/c1-6-3-2-4-8(14(17)18)10(6)9-5-7(13)11(19-9)12(15)16/h2-5H,13H2,1H3,(H,15,16). The summed E-state index contributed by atoms with van der Waals surface area (Å²) in [5.41, 5.74) is 6.79. The van der Waals surface area contributed by atoms with Gasteiger partial charge in [0.15, 0.2) is 0 Å². The highest BCUT2D eigenvalue weighted by molar-refractivity contribution is 7.18. The lowest BCUT2D eigenvalue weighted by Crippen LogP contribution is -1.96. The summed E-state index contributed by atoms with van der Waals surface area (Å²) in [4.78, 5) is 22.0. The predicted octanol–water partition coefficient (Wildman–Crippen LogP) is 2.91. The van der Waals surface area contributed by atoms with Gasteiger partial charge < -0.3 is 10.8 Å². The number of nitrogens with zero attached hydrogens (tertiary/aromatic N) is 1. The first kappa shape index (κ1) is 13.0. The lowest BCUT2D eigenvalue weighted by molar-refractivity contribution is -0.384. The van der Waals surface area contributed by atoms with Crippen molar-refractivity contribution in [2.24, 2.45) is 0 Å². The first-order valence-corrected chi connectivity index (χ1v) is 6.10. The Labute approximate surface area is 112 Å². The van der Waals surface area contributed by atoms with Gasteiger partial charge in [0.25, 0.3) is 5.69 Å². The number of rotatable bonds is 3. The highest BCUT2D eigenvalue weighted by Crippen LogP contribution is 2.39. The molecular formula is C12H10N2O4S. The Bertz CT molecular complexity index is 678. The maximum Gasteiger partial charge on any atom is 0.348 e. The summed E-state index contributed by atoms with van der Waals surface area (Å²) in [5, 5.41) is 20.0. The Balaban J connectivity index is 2.68. The normalized spacial score (nSPS) is 10.4. The van der Waals surface area contributed by atoms with Crippen LogP contribution in [0.5, 0.6) is 0 Å². The number of nitro groups is 1. The number of aromatic carboxylic acids is 1. The van der Waals surface area contributed by atoms with E-state index in [0.29, 0.717) is 16.0 Å². The fourth-order valence-corrected chi connectivity index (χ4v) is 2.86. The van der Waals surface area contributed by atoms with Gasteiger partial charge in [0, 0.05) is 10.9 Å². The zero-order valence-corrected chi connectivity index (χ0v) is 10.7. The molecule has 0 fully saturated rings. The van der Waals surface area contributed by atoms with Crippen LogP contribution in [0.25, 0.3) is 10.4 Å². The molecule has 3 N–H and O–H groups in total. The molecule has 0 bridgehead atoms. The third-order valence-electron chi connectivity index (χ3n) is 2.65. The number of aryl methyl sites for hydroxylation is 1. The molecule has 1 heterocycles. The van der Waals surface area contributed by atoms with E-state index in [1.807, 2.05) is 0 Å². The van der Waals surface area contributed by atoms with Gasteiger partial charge in [-0.05, 0) is 18.6 Å². The number of anilines is 1. The quantitative estimate of drug-likeness (QED) is 0.663. The van der Waals surface area contributed by atoms with Crippen molar-refractivity contribution in [3.05, 3.63) is 44.8 Å². The maximum absolute atomic E-state index is 11.0. The number of nitro benzene ring substituents is 1. The zero-order chi connectivity index (χ0) is 14.2. The van der Waals surface area contributed by atoms with E-state index in [9.17, 15) is 14.9 Å². The van der Waals surface area contributed by atoms with Crippen LogP contribution in [0.1, 0.15) is 15.2 Å². The van der Waals surface area contributed by atoms with Crippen LogP contribution >= 0.6 is 11.3 Å². The van der Waals surface area contributed by atoms with Crippen molar-refractivity contribution in [3.63, 3.8) is 0 Å². The van der Waals surface area contributed by atoms with Crippen LogP contribution in [-0.2, 0) is 0 Å². The number of nitrogens with two attached hydrogens (primary N) is 1. The Morgan fingerprint density at radius 2 is 2.16 bits per heavy atom. The van der Waals surface area contributed by atoms with Crippen molar-refractivity contribution < 1.29 is 14.8 Å². The van der Waals surface area contributed by atoms with Crippen LogP contribution in [0.3, 0.4) is 0 Å². The van der Waals surface area contributed by atoms with Gasteiger partial charge in [-0.15, -0.1) is 11.3 Å². The smallest absolute Gasteiger partial charge is 0.348 e. The Kier molecular flexibility index (Phi) is 3.22. The van der Waals surface area contributed by atoms with Crippen LogP contribution in [0.15, 0.2) is 24.3 Å². The predicted molar refractivity (Wildman–Crippen MR) is 72.5 cm³/mol. The number of thiophene rings is 1. The summed E-state index contributed by atoms with van der Waals surface area (Å²) in [7, 11) is 0. The highest BCUT2D eigenvalue weighted by atomic mass is 32.1. The molecule has 1 aromatic heterocycles. The van der Waals surface area contributed by atoms with Gasteiger partial charge in [0.2, 0.25) is 0 Å². The molecule has 2 aromatic rings. The molecule has 7 heteroatoms. The number of carboxylic acid groups (broad SMARTS) is 1. The molecular weight excluding hydrogens is 268 g/mol. The summed E-state index contributed by atoms with van der Waals surface area (Å²) in [6.45, 7) is 1.73. The third-order valence-corrected chi connectivity index (χ3v) is 3.81. The first-order valence-electron chi connectivity index (χ1n) is 5.28. The molecule has 0 saturated carbocycles. The molecule has 0 saturated heterocycles. The minimum atomic E-state index is -1.13. The summed E-state index contributed by atoms with van der Waals surface area (Å²) >= 11 is 0.937. The average molecular weight is 278 g/mol. The summed E-state index contributed by atoms with van der Waals surface area (Å²) in [6, 6.07) is 6.17. The van der Waals surface area contributed by atoms with Gasteiger partial charge in [-0.1, -0.05) is 12.1 Å². The Hall–Kier alpha value is -2.41. The topological polar surface area (TPSA) is 106 Å². The fourth-order valence-electron chi connectivity index (χ4n) is 1.82. The summed E-state index contributed by atoms with van der Waals surface area (Å²) in [5.74, 6) is -1.13. The third kappa shape index (κ3) is 2.27. The second kappa shape index (κ2) is 4.69. The minimum Gasteiger partial charge on any atom is -0.477 e. The number of nitrogen functional groups attached to an aromatic ring is 1. The molecule has 98 valence electrons. The van der Waals surface area contributed by atoms with Gasteiger partial charge in [-0.25, -0.2) is 4.79 Å². The van der Waals surface area contributed by atoms with E-state index in [-0.39, 0.29) is 16.3 Å². The van der Waals surface area contributed by atoms with E-state index in [4.69, 9.17) is 10.8 Å². The molecule has 19 heavy (non-hydrogen) atoms. The lowest BCUT2D eigenvalue weighted by atomic mass is 10.1. The van der Waals surface area contributed by atoms with Crippen molar-refractivity contribution >= 4 is 28.7 Å². The second-order valence-electron chi connectivity index (χ2n) is 3.93. The molecule has 0 amide bonds. The largest absolute Gasteiger partial charge is 0.477 e. The minimum absolute atomic E-state index is 0.00690. The number of carbonyl (C=O) groups is 1. The van der Waals surface area contributed by atoms with E-state index in [0.717, 1.165) is 11.3 Å². The average Bonchev–Trinajstić information content (AvgIpc) is 2.70. The van der Waals surface area contributed by atoms with E-state index in [2.05, 4.69) is 0 Å². The zero-order valence-electron chi connectivity index (χ0n) is 9.91. The maximum atomic E-state index is 11.0. The van der Waals surface area contributed by atoms with Gasteiger partial charge in [0.05, 0.1) is 16.2 Å². The number of hydrogen-bond acceptors (Lipinski definition) is 5. The van der Waals surface area contributed by atoms with Gasteiger partial charge in [-0.2, -0.15) is 0 Å². The van der Waals surface area contributed by atoms with Crippen LogP contribution in [-0.4, -0.2) is 16.0 Å². The Morgan fingerprint density at radius 3 is 2.68 bits per heavy atom. The van der Waals surface area contributed by atoms with Crippen LogP contribution < -0.4 is 5.73 Å². The molecule has 6 nitrogen and oxygen atoms in total. The van der Waals surface area contributed by atoms with Crippen LogP contribution in [0.2, 0.25) is 0 Å². The molecule has 0 aliphatic carbocycles. The molecule has 0 aliphatic rings. The van der Waals surface area contributed by atoms with Gasteiger partial charge >= 0.3 is 5.97 Å². The number of benzene rings is 1. The van der Waals surface area contributed by atoms with Crippen LogP contribution in [0.4, 0.5) is 11.4 Å². The highest BCUT2D eigenvalue weighted by Gasteiger charge is 2.22. The molecule has 0 spiro atoms. The SMILES string of the molecule is Cc1cccc([N+](=O)[O-])c1-c1cc(N)c(C(=O)O)s1. The van der Waals surface area contributed by atoms with Crippen molar-refractivity contribution in [1.29, 1.82) is 0 Å². The van der Waals surface area contributed by atoms with Crippen LogP contribution in [0, 0.1) is 17.0 Å². The molecule has 2 rings (SSSR count). The van der Waals surface area contributed by atoms with Crippen molar-refractivity contribution in [1.82, 2.24) is 0 Å². The molecule has 0 aliphatic heterocycles. The van der Waals surface area contributed by atoms with Crippen molar-refractivity contribution in [3.8, 4) is 10.4 Å². The first-order chi connectivity index (χ1) is 8.91. The Morgan fingerprint density at radius 1 is 1.47 bits per heavy atom. The molecule has 0 atom stereocenters. The number of carboxylic acids is 1. The van der Waals surface area contributed by atoms with Gasteiger partial charge in [0.1, 0.15) is 4.88 Å². The molecule has 0 radical (unpaired) electrons. The van der Waals surface area contributed by atoms with E-state index in [1.54, 1.807) is 19.1 Å². The van der Waals surface area contributed by atoms with Crippen molar-refractivity contribution in [2.75, 3.05) is 5.73 Å². The number of hydrogen-bond donors (Lipinski definition) is 2. The van der Waals surface area contributed by atoms with Gasteiger partial charge in [-0.3, -0.25) is 10.1 Å². The van der Waals surface area contributed by atoms with Crippen molar-refractivity contribution in [2.45, 2.75) is 6.92 Å². The summed E-state index contributed by atoms with van der Waals surface area (Å²) in [6.07, 6.45) is 0. The van der Waals surface area contributed by atoms with E-state index in [1.165, 1.54) is 12.1 Å². The molecule has 0 unspecified atom stereocenters. The van der Waals surface area contributed by atoms with E-state index < -0.39 is 10.9 Å². The molecule has 1 aromatic carbocycles.